The summed E-state index contributed by atoms with van der Waals surface area (Å²) in [5.41, 5.74) is 0.0221. The number of aryl methyl sites for hydroxylation is 1. The van der Waals surface area contributed by atoms with Crippen LogP contribution < -0.4 is 5.32 Å². The SMILES string of the molecule is Cc1ccc(C(=O)N2CCNCC23CCCCC3)o1. The van der Waals surface area contributed by atoms with Crippen LogP contribution in [0.4, 0.5) is 0 Å². The molecule has 0 atom stereocenters. The number of hydrogen-bond acceptors (Lipinski definition) is 3. The van der Waals surface area contributed by atoms with Gasteiger partial charge < -0.3 is 14.6 Å². The molecule has 3 rings (SSSR count). The maximum atomic E-state index is 12.7. The lowest BCUT2D eigenvalue weighted by molar-refractivity contribution is 0.0195. The van der Waals surface area contributed by atoms with Gasteiger partial charge in [-0.2, -0.15) is 0 Å². The van der Waals surface area contributed by atoms with E-state index in [0.717, 1.165) is 38.2 Å². The van der Waals surface area contributed by atoms with Crippen LogP contribution in [-0.4, -0.2) is 36.0 Å². The Hall–Kier alpha value is -1.29. The second-order valence-electron chi connectivity index (χ2n) is 5.83. The molecule has 4 nitrogen and oxygen atoms in total. The first-order valence-corrected chi connectivity index (χ1v) is 7.30. The van der Waals surface area contributed by atoms with Crippen molar-refractivity contribution in [2.75, 3.05) is 19.6 Å². The van der Waals surface area contributed by atoms with Crippen LogP contribution in [0.1, 0.15) is 48.4 Å². The first-order chi connectivity index (χ1) is 9.21. The molecule has 1 saturated carbocycles. The van der Waals surface area contributed by atoms with E-state index < -0.39 is 0 Å². The van der Waals surface area contributed by atoms with Gasteiger partial charge in [0.1, 0.15) is 5.76 Å². The third-order valence-corrected chi connectivity index (χ3v) is 4.52. The van der Waals surface area contributed by atoms with Crippen LogP contribution in [-0.2, 0) is 0 Å². The molecular weight excluding hydrogens is 240 g/mol. The van der Waals surface area contributed by atoms with Crippen LogP contribution in [0.15, 0.2) is 16.5 Å². The van der Waals surface area contributed by atoms with Gasteiger partial charge in [-0.25, -0.2) is 0 Å². The lowest BCUT2D eigenvalue weighted by atomic mass is 9.79. The molecule has 1 N–H and O–H groups in total. The molecular formula is C15H22N2O2. The summed E-state index contributed by atoms with van der Waals surface area (Å²) >= 11 is 0. The standard InChI is InChI=1S/C15H22N2O2/c1-12-5-6-13(19-12)14(18)17-10-9-16-11-15(17)7-3-2-4-8-15/h5-6,16H,2-4,7-11H2,1H3. The van der Waals surface area contributed by atoms with E-state index in [1.807, 2.05) is 13.0 Å². The van der Waals surface area contributed by atoms with Gasteiger partial charge in [-0.1, -0.05) is 19.3 Å². The molecule has 1 saturated heterocycles. The van der Waals surface area contributed by atoms with E-state index >= 15 is 0 Å². The van der Waals surface area contributed by atoms with Crippen molar-refractivity contribution in [3.05, 3.63) is 23.7 Å². The number of hydrogen-bond donors (Lipinski definition) is 1. The monoisotopic (exact) mass is 262 g/mol. The Morgan fingerprint density at radius 3 is 2.79 bits per heavy atom. The van der Waals surface area contributed by atoms with Gasteiger partial charge in [0.05, 0.1) is 5.54 Å². The number of rotatable bonds is 1. The minimum atomic E-state index is 0.0221. The number of piperazine rings is 1. The second-order valence-corrected chi connectivity index (χ2v) is 5.83. The van der Waals surface area contributed by atoms with Crippen LogP contribution >= 0.6 is 0 Å². The summed E-state index contributed by atoms with van der Waals surface area (Å²) in [6, 6.07) is 3.67. The zero-order valence-corrected chi connectivity index (χ0v) is 11.6. The molecule has 19 heavy (non-hydrogen) atoms. The van der Waals surface area contributed by atoms with Gasteiger partial charge in [-0.05, 0) is 31.9 Å². The highest BCUT2D eigenvalue weighted by atomic mass is 16.3. The highest BCUT2D eigenvalue weighted by Gasteiger charge is 2.43. The zero-order valence-electron chi connectivity index (χ0n) is 11.6. The molecule has 1 aliphatic carbocycles. The van der Waals surface area contributed by atoms with Gasteiger partial charge in [0.15, 0.2) is 5.76 Å². The Morgan fingerprint density at radius 2 is 2.11 bits per heavy atom. The lowest BCUT2D eigenvalue weighted by Gasteiger charge is -2.49. The van der Waals surface area contributed by atoms with Crippen molar-refractivity contribution < 1.29 is 9.21 Å². The molecule has 0 radical (unpaired) electrons. The third-order valence-electron chi connectivity index (χ3n) is 4.52. The highest BCUT2D eigenvalue weighted by molar-refractivity contribution is 5.92. The Bertz CT molecular complexity index is 452. The van der Waals surface area contributed by atoms with Gasteiger partial charge in [0.25, 0.3) is 5.91 Å². The normalized spacial score (nSPS) is 22.7. The van der Waals surface area contributed by atoms with E-state index in [9.17, 15) is 4.79 Å². The number of carbonyl (C=O) groups excluding carboxylic acids is 1. The van der Waals surface area contributed by atoms with Crippen molar-refractivity contribution in [3.63, 3.8) is 0 Å². The maximum absolute atomic E-state index is 12.7. The predicted molar refractivity (Wildman–Crippen MR) is 73.2 cm³/mol. The lowest BCUT2D eigenvalue weighted by Crippen LogP contribution is -2.63. The van der Waals surface area contributed by atoms with Crippen molar-refractivity contribution in [2.45, 2.75) is 44.6 Å². The van der Waals surface area contributed by atoms with E-state index in [4.69, 9.17) is 4.42 Å². The summed E-state index contributed by atoms with van der Waals surface area (Å²) < 4.78 is 5.52. The molecule has 2 aliphatic rings. The van der Waals surface area contributed by atoms with E-state index in [2.05, 4.69) is 10.2 Å². The summed E-state index contributed by atoms with van der Waals surface area (Å²) in [5.74, 6) is 1.36. The van der Waals surface area contributed by atoms with Crippen LogP contribution in [0.3, 0.4) is 0 Å². The predicted octanol–water partition coefficient (Wildman–Crippen LogP) is 2.34. The number of nitrogens with one attached hydrogen (secondary N) is 1. The molecule has 1 spiro atoms. The van der Waals surface area contributed by atoms with Gasteiger partial charge in [0, 0.05) is 19.6 Å². The van der Waals surface area contributed by atoms with E-state index in [1.54, 1.807) is 6.07 Å². The van der Waals surface area contributed by atoms with Crippen molar-refractivity contribution in [3.8, 4) is 0 Å². The van der Waals surface area contributed by atoms with Crippen molar-refractivity contribution in [1.29, 1.82) is 0 Å². The summed E-state index contributed by atoms with van der Waals surface area (Å²) in [5, 5.41) is 3.46. The van der Waals surface area contributed by atoms with Crippen LogP contribution in [0.2, 0.25) is 0 Å². The number of nitrogens with zero attached hydrogens (tertiary/aromatic N) is 1. The van der Waals surface area contributed by atoms with E-state index in [0.29, 0.717) is 5.76 Å². The number of amides is 1. The summed E-state index contributed by atoms with van der Waals surface area (Å²) in [4.78, 5) is 14.8. The van der Waals surface area contributed by atoms with Crippen molar-refractivity contribution in [1.82, 2.24) is 10.2 Å². The van der Waals surface area contributed by atoms with E-state index in [1.165, 1.54) is 19.3 Å². The average molecular weight is 262 g/mol. The Balaban J connectivity index is 1.85. The minimum Gasteiger partial charge on any atom is -0.456 e. The van der Waals surface area contributed by atoms with Crippen LogP contribution in [0.5, 0.6) is 0 Å². The fourth-order valence-corrected chi connectivity index (χ4v) is 3.50. The Labute approximate surface area is 114 Å². The fourth-order valence-electron chi connectivity index (χ4n) is 3.50. The molecule has 0 aromatic carbocycles. The minimum absolute atomic E-state index is 0.0221. The first-order valence-electron chi connectivity index (χ1n) is 7.30. The third kappa shape index (κ3) is 2.29. The summed E-state index contributed by atoms with van der Waals surface area (Å²) in [6.45, 7) is 4.48. The van der Waals surface area contributed by atoms with Crippen LogP contribution in [0, 0.1) is 6.92 Å². The highest BCUT2D eigenvalue weighted by Crippen LogP contribution is 2.35. The molecule has 1 aromatic heterocycles. The molecule has 0 unspecified atom stereocenters. The zero-order chi connectivity index (χ0) is 13.3. The topological polar surface area (TPSA) is 45.5 Å². The molecule has 1 amide bonds. The van der Waals surface area contributed by atoms with Gasteiger partial charge in [-0.15, -0.1) is 0 Å². The largest absolute Gasteiger partial charge is 0.456 e. The molecule has 1 aromatic rings. The number of carbonyl (C=O) groups is 1. The van der Waals surface area contributed by atoms with Gasteiger partial charge >= 0.3 is 0 Å². The first kappa shape index (κ1) is 12.7. The Morgan fingerprint density at radius 1 is 1.32 bits per heavy atom. The average Bonchev–Trinajstić information content (AvgIpc) is 2.86. The molecule has 2 fully saturated rings. The quantitative estimate of drug-likeness (QED) is 0.845. The van der Waals surface area contributed by atoms with Crippen molar-refractivity contribution in [2.24, 2.45) is 0 Å². The molecule has 0 bridgehead atoms. The van der Waals surface area contributed by atoms with Gasteiger partial charge in [-0.3, -0.25) is 4.79 Å². The van der Waals surface area contributed by atoms with Crippen LogP contribution in [0.25, 0.3) is 0 Å². The summed E-state index contributed by atoms with van der Waals surface area (Å²) in [7, 11) is 0. The second kappa shape index (κ2) is 5.00. The smallest absolute Gasteiger partial charge is 0.290 e. The molecule has 2 heterocycles. The molecule has 4 heteroatoms. The van der Waals surface area contributed by atoms with Crippen molar-refractivity contribution >= 4 is 5.91 Å². The fraction of sp³-hybridized carbons (Fsp3) is 0.667. The number of furan rings is 1. The summed E-state index contributed by atoms with van der Waals surface area (Å²) in [6.07, 6.45) is 5.98. The maximum Gasteiger partial charge on any atom is 0.290 e. The Kier molecular flexibility index (Phi) is 3.35. The van der Waals surface area contributed by atoms with Gasteiger partial charge in [0.2, 0.25) is 0 Å². The molecule has 104 valence electrons. The van der Waals surface area contributed by atoms with E-state index in [-0.39, 0.29) is 11.4 Å². The molecule has 1 aliphatic heterocycles.